The summed E-state index contributed by atoms with van der Waals surface area (Å²) in [6.07, 6.45) is 0.159. The van der Waals surface area contributed by atoms with Crippen molar-refractivity contribution in [2.24, 2.45) is 0 Å². The number of imide groups is 1. The summed E-state index contributed by atoms with van der Waals surface area (Å²) in [4.78, 5) is 35.6. The van der Waals surface area contributed by atoms with E-state index in [9.17, 15) is 14.4 Å². The lowest BCUT2D eigenvalue weighted by Gasteiger charge is -2.12. The average molecular weight is 368 g/mol. The molecule has 2 aromatic carbocycles. The van der Waals surface area contributed by atoms with E-state index in [4.69, 9.17) is 4.74 Å². The molecule has 2 N–H and O–H groups in total. The third-order valence-corrected chi connectivity index (χ3v) is 4.09. The molecule has 2 rings (SSSR count). The molecule has 0 saturated heterocycles. The lowest BCUT2D eigenvalue weighted by atomic mass is 9.98. The topological polar surface area (TPSA) is 84.5 Å². The van der Waals surface area contributed by atoms with Crippen molar-refractivity contribution in [3.8, 4) is 0 Å². The van der Waals surface area contributed by atoms with E-state index in [2.05, 4.69) is 10.6 Å². The summed E-state index contributed by atoms with van der Waals surface area (Å²) in [6, 6.07) is 14.5. The number of hydrogen-bond donors (Lipinski definition) is 2. The van der Waals surface area contributed by atoms with Crippen LogP contribution in [-0.2, 0) is 14.3 Å². The van der Waals surface area contributed by atoms with E-state index in [-0.39, 0.29) is 12.3 Å². The molecule has 1 atom stereocenters. The summed E-state index contributed by atoms with van der Waals surface area (Å²) in [5.41, 5.74) is 3.59. The molecule has 6 nitrogen and oxygen atoms in total. The Labute approximate surface area is 158 Å². The van der Waals surface area contributed by atoms with Gasteiger partial charge in [0.25, 0.3) is 5.91 Å². The molecule has 0 saturated carbocycles. The summed E-state index contributed by atoms with van der Waals surface area (Å²) in [5.74, 6) is -1.19. The Kier molecular flexibility index (Phi) is 7.11. The second kappa shape index (κ2) is 9.52. The first kappa shape index (κ1) is 20.2. The van der Waals surface area contributed by atoms with Crippen LogP contribution in [0.5, 0.6) is 0 Å². The molecule has 27 heavy (non-hydrogen) atoms. The second-order valence-corrected chi connectivity index (χ2v) is 6.50. The Morgan fingerprint density at radius 2 is 1.74 bits per heavy atom. The molecular formula is C21H24N2O4. The van der Waals surface area contributed by atoms with Crippen molar-refractivity contribution in [1.29, 1.82) is 0 Å². The summed E-state index contributed by atoms with van der Waals surface area (Å²) >= 11 is 0. The SMILES string of the molecule is Cc1ccc(NC(=O)NC(=O)COC(=O)C[C@@H](C)c2ccccc2)c(C)c1. The summed E-state index contributed by atoms with van der Waals surface area (Å²) in [7, 11) is 0. The lowest BCUT2D eigenvalue weighted by molar-refractivity contribution is -0.148. The minimum absolute atomic E-state index is 0.0189. The molecule has 2 aromatic rings. The molecule has 0 aromatic heterocycles. The van der Waals surface area contributed by atoms with Crippen molar-refractivity contribution >= 4 is 23.6 Å². The number of amides is 3. The third kappa shape index (κ3) is 6.58. The largest absolute Gasteiger partial charge is 0.456 e. The van der Waals surface area contributed by atoms with Gasteiger partial charge in [-0.2, -0.15) is 0 Å². The molecule has 0 spiro atoms. The summed E-state index contributed by atoms with van der Waals surface area (Å²) in [6.45, 7) is 5.22. The lowest BCUT2D eigenvalue weighted by Crippen LogP contribution is -2.37. The maximum absolute atomic E-state index is 11.9. The highest BCUT2D eigenvalue weighted by Gasteiger charge is 2.15. The highest BCUT2D eigenvalue weighted by Crippen LogP contribution is 2.19. The van der Waals surface area contributed by atoms with Crippen LogP contribution in [0.2, 0.25) is 0 Å². The molecule has 0 fully saturated rings. The minimum atomic E-state index is -0.682. The first-order chi connectivity index (χ1) is 12.8. The number of urea groups is 1. The third-order valence-electron chi connectivity index (χ3n) is 4.09. The number of benzene rings is 2. The molecular weight excluding hydrogens is 344 g/mol. The van der Waals surface area contributed by atoms with Crippen molar-refractivity contribution in [2.45, 2.75) is 33.1 Å². The Bertz CT molecular complexity index is 818. The molecule has 142 valence electrons. The van der Waals surface area contributed by atoms with Crippen molar-refractivity contribution in [3.05, 3.63) is 65.2 Å². The molecule has 6 heteroatoms. The van der Waals surface area contributed by atoms with Crippen LogP contribution < -0.4 is 10.6 Å². The summed E-state index contributed by atoms with van der Waals surface area (Å²) in [5, 5.41) is 4.74. The Morgan fingerprint density at radius 3 is 2.41 bits per heavy atom. The number of rotatable bonds is 6. The number of anilines is 1. The minimum Gasteiger partial charge on any atom is -0.456 e. The van der Waals surface area contributed by atoms with Crippen molar-refractivity contribution in [2.75, 3.05) is 11.9 Å². The number of hydrogen-bond acceptors (Lipinski definition) is 4. The van der Waals surface area contributed by atoms with Gasteiger partial charge >= 0.3 is 12.0 Å². The van der Waals surface area contributed by atoms with Crippen molar-refractivity contribution in [3.63, 3.8) is 0 Å². The van der Waals surface area contributed by atoms with Crippen LogP contribution in [0.15, 0.2) is 48.5 Å². The Hall–Kier alpha value is -3.15. The summed E-state index contributed by atoms with van der Waals surface area (Å²) < 4.78 is 4.96. The fourth-order valence-corrected chi connectivity index (χ4v) is 2.62. The van der Waals surface area contributed by atoms with Gasteiger partial charge in [-0.15, -0.1) is 0 Å². The van der Waals surface area contributed by atoms with Crippen molar-refractivity contribution in [1.82, 2.24) is 5.32 Å². The smallest absolute Gasteiger partial charge is 0.325 e. The Morgan fingerprint density at radius 1 is 1.04 bits per heavy atom. The average Bonchev–Trinajstić information content (AvgIpc) is 2.63. The zero-order chi connectivity index (χ0) is 19.8. The van der Waals surface area contributed by atoms with Crippen LogP contribution in [0.25, 0.3) is 0 Å². The van der Waals surface area contributed by atoms with Gasteiger partial charge in [-0.3, -0.25) is 14.9 Å². The van der Waals surface area contributed by atoms with Gasteiger partial charge in [0.15, 0.2) is 6.61 Å². The van der Waals surface area contributed by atoms with E-state index < -0.39 is 24.5 Å². The van der Waals surface area contributed by atoms with Gasteiger partial charge < -0.3 is 10.1 Å². The molecule has 3 amide bonds. The van der Waals surface area contributed by atoms with Gasteiger partial charge in [0, 0.05) is 5.69 Å². The van der Waals surface area contributed by atoms with Gasteiger partial charge in [0.1, 0.15) is 0 Å². The zero-order valence-electron chi connectivity index (χ0n) is 15.7. The van der Waals surface area contributed by atoms with E-state index in [1.165, 1.54) is 0 Å². The van der Waals surface area contributed by atoms with Crippen LogP contribution in [-0.4, -0.2) is 24.5 Å². The first-order valence-corrected chi connectivity index (χ1v) is 8.74. The van der Waals surface area contributed by atoms with Crippen molar-refractivity contribution < 1.29 is 19.1 Å². The molecule has 0 aliphatic rings. The predicted molar refractivity (Wildman–Crippen MR) is 104 cm³/mol. The standard InChI is InChI=1S/C21H24N2O4/c1-14-9-10-18(16(3)11-14)22-21(26)23-19(24)13-27-20(25)12-15(2)17-7-5-4-6-8-17/h4-11,15H,12-13H2,1-3H3,(H2,22,23,24,26)/t15-/m1/s1. The van der Waals surface area contributed by atoms with Crippen LogP contribution in [0.3, 0.4) is 0 Å². The number of carbonyl (C=O) groups excluding carboxylic acids is 3. The molecule has 0 aliphatic heterocycles. The quantitative estimate of drug-likeness (QED) is 0.762. The van der Waals surface area contributed by atoms with Gasteiger partial charge in [-0.05, 0) is 37.0 Å². The second-order valence-electron chi connectivity index (χ2n) is 6.50. The van der Waals surface area contributed by atoms with Gasteiger partial charge in [-0.25, -0.2) is 4.79 Å². The van der Waals surface area contributed by atoms with Gasteiger partial charge in [0.05, 0.1) is 6.42 Å². The molecule has 0 unspecified atom stereocenters. The normalized spacial score (nSPS) is 11.4. The van der Waals surface area contributed by atoms with Crippen LogP contribution in [0.1, 0.15) is 36.0 Å². The maximum Gasteiger partial charge on any atom is 0.325 e. The van der Waals surface area contributed by atoms with Crippen LogP contribution in [0.4, 0.5) is 10.5 Å². The van der Waals surface area contributed by atoms with Gasteiger partial charge in [-0.1, -0.05) is 55.0 Å². The zero-order valence-corrected chi connectivity index (χ0v) is 15.7. The monoisotopic (exact) mass is 368 g/mol. The molecule has 0 bridgehead atoms. The van der Waals surface area contributed by atoms with Crippen LogP contribution in [0, 0.1) is 13.8 Å². The number of esters is 1. The fraction of sp³-hybridized carbons (Fsp3) is 0.286. The van der Waals surface area contributed by atoms with E-state index >= 15 is 0 Å². The van der Waals surface area contributed by atoms with Gasteiger partial charge in [0.2, 0.25) is 0 Å². The predicted octanol–water partition coefficient (Wildman–Crippen LogP) is 3.69. The highest BCUT2D eigenvalue weighted by atomic mass is 16.5. The van der Waals surface area contributed by atoms with Crippen LogP contribution >= 0.6 is 0 Å². The molecule has 0 radical (unpaired) electrons. The van der Waals surface area contributed by atoms with E-state index in [1.807, 2.05) is 63.2 Å². The van der Waals surface area contributed by atoms with E-state index in [0.29, 0.717) is 5.69 Å². The number of ether oxygens (including phenoxy) is 1. The molecule has 0 heterocycles. The maximum atomic E-state index is 11.9. The van der Waals surface area contributed by atoms with E-state index in [1.54, 1.807) is 6.07 Å². The fourth-order valence-electron chi connectivity index (χ4n) is 2.62. The van der Waals surface area contributed by atoms with E-state index in [0.717, 1.165) is 16.7 Å². The first-order valence-electron chi connectivity index (χ1n) is 8.74. The number of aryl methyl sites for hydroxylation is 2. The Balaban J connectivity index is 1.75. The number of carbonyl (C=O) groups is 3. The number of nitrogens with one attached hydrogen (secondary N) is 2. The molecule has 0 aliphatic carbocycles. The highest BCUT2D eigenvalue weighted by molar-refractivity contribution is 6.02.